The average Bonchev–Trinajstić information content (AvgIpc) is 3.47. The number of nitrogens with zero attached hydrogens (tertiary/aromatic N) is 2. The normalized spacial score (nSPS) is 13.5. The Bertz CT molecular complexity index is 1410. The minimum atomic E-state index is -0.175. The third-order valence-electron chi connectivity index (χ3n) is 6.40. The smallest absolute Gasteiger partial charge is 0.249 e. The number of hydrogen-bond donors (Lipinski definition) is 1. The van der Waals surface area contributed by atoms with Crippen molar-refractivity contribution < 1.29 is 14.3 Å². The molecule has 0 unspecified atom stereocenters. The number of ether oxygens (including phenoxy) is 2. The van der Waals surface area contributed by atoms with E-state index in [1.165, 1.54) is 10.4 Å². The van der Waals surface area contributed by atoms with Crippen LogP contribution in [0.2, 0.25) is 0 Å². The maximum atomic E-state index is 13.0. The fourth-order valence-electron chi connectivity index (χ4n) is 4.44. The Balaban J connectivity index is 0.00000320. The number of hydrogen-bond acceptors (Lipinski definition) is 7. The predicted molar refractivity (Wildman–Crippen MR) is 157 cm³/mol. The van der Waals surface area contributed by atoms with Crippen LogP contribution >= 0.6 is 35.1 Å². The molecule has 0 fully saturated rings. The molecule has 1 N–H and O–H groups in total. The molecule has 0 saturated carbocycles. The zero-order valence-corrected chi connectivity index (χ0v) is 23.7. The van der Waals surface area contributed by atoms with Crippen LogP contribution < -0.4 is 14.8 Å². The molecule has 2 aromatic carbocycles. The molecule has 37 heavy (non-hydrogen) atoms. The summed E-state index contributed by atoms with van der Waals surface area (Å²) < 4.78 is 11.8. The van der Waals surface area contributed by atoms with Gasteiger partial charge in [-0.25, -0.2) is 4.98 Å². The number of para-hydroxylation sites is 1. The largest absolute Gasteiger partial charge is 0.493 e. The molecule has 4 aromatic rings. The van der Waals surface area contributed by atoms with Crippen molar-refractivity contribution in [3.05, 3.63) is 64.5 Å². The molecule has 0 atom stereocenters. The minimum absolute atomic E-state index is 0. The fraction of sp³-hybridized carbons (Fsp3) is 0.286. The first-order chi connectivity index (χ1) is 17.5. The Morgan fingerprint density at radius 3 is 2.62 bits per heavy atom. The molecule has 0 spiro atoms. The van der Waals surface area contributed by atoms with E-state index in [9.17, 15) is 4.79 Å². The molecular formula is C28H30ClN3O3S2. The van der Waals surface area contributed by atoms with Gasteiger partial charge in [0, 0.05) is 35.6 Å². The zero-order chi connectivity index (χ0) is 25.2. The van der Waals surface area contributed by atoms with Crippen molar-refractivity contribution in [2.45, 2.75) is 32.9 Å². The molecule has 5 rings (SSSR count). The molecule has 0 aliphatic carbocycles. The van der Waals surface area contributed by atoms with E-state index in [0.29, 0.717) is 17.5 Å². The van der Waals surface area contributed by atoms with Gasteiger partial charge in [0.05, 0.1) is 24.4 Å². The third-order valence-corrected chi connectivity index (χ3v) is 8.58. The van der Waals surface area contributed by atoms with Crippen LogP contribution in [0.25, 0.3) is 26.9 Å². The SMILES string of the molecule is COc1ccc(/C=C/C(=O)Nc2sc3c(c2-c2nc4ccccc4s2)CCN(C(C)C)C3)cc1OC.Cl. The van der Waals surface area contributed by atoms with Gasteiger partial charge in [-0.1, -0.05) is 18.2 Å². The van der Waals surface area contributed by atoms with E-state index in [2.05, 4.69) is 30.1 Å². The summed E-state index contributed by atoms with van der Waals surface area (Å²) in [6.07, 6.45) is 4.29. The van der Waals surface area contributed by atoms with Crippen LogP contribution in [0.4, 0.5) is 5.00 Å². The lowest BCUT2D eigenvalue weighted by Crippen LogP contribution is -2.35. The van der Waals surface area contributed by atoms with Gasteiger partial charge >= 0.3 is 0 Å². The highest BCUT2D eigenvalue weighted by Gasteiger charge is 2.28. The first kappa shape index (κ1) is 27.1. The first-order valence-corrected chi connectivity index (χ1v) is 13.6. The average molecular weight is 556 g/mol. The standard InChI is InChI=1S/C28H29N3O3S2.ClH/c1-17(2)31-14-13-19-24(16-31)36-28(26(19)27-29-20-7-5-6-8-23(20)35-27)30-25(32)12-10-18-9-11-21(33-3)22(15-18)34-4;/h5-12,15,17H,13-14,16H2,1-4H3,(H,30,32);1H/b12-10+;. The monoisotopic (exact) mass is 555 g/mol. The number of benzene rings is 2. The van der Waals surface area contributed by atoms with Crippen molar-refractivity contribution in [3.63, 3.8) is 0 Å². The molecule has 0 bridgehead atoms. The number of rotatable bonds is 7. The number of carbonyl (C=O) groups excluding carboxylic acids is 1. The molecule has 2 aromatic heterocycles. The number of amides is 1. The molecule has 1 aliphatic rings. The lowest BCUT2D eigenvalue weighted by Gasteiger charge is -2.30. The number of thiophene rings is 1. The Morgan fingerprint density at radius 1 is 1.11 bits per heavy atom. The molecule has 194 valence electrons. The number of thiazole rings is 1. The number of carbonyl (C=O) groups is 1. The first-order valence-electron chi connectivity index (χ1n) is 11.9. The molecule has 1 amide bonds. The summed E-state index contributed by atoms with van der Waals surface area (Å²) in [6.45, 7) is 6.36. The summed E-state index contributed by atoms with van der Waals surface area (Å²) in [5, 5.41) is 4.99. The van der Waals surface area contributed by atoms with Crippen LogP contribution in [-0.4, -0.2) is 42.6 Å². The van der Waals surface area contributed by atoms with E-state index in [1.807, 2.05) is 36.4 Å². The van der Waals surface area contributed by atoms with Crippen molar-refractivity contribution in [3.8, 4) is 22.1 Å². The summed E-state index contributed by atoms with van der Waals surface area (Å²) in [5.74, 6) is 1.10. The quantitative estimate of drug-likeness (QED) is 0.252. The highest BCUT2D eigenvalue weighted by molar-refractivity contribution is 7.23. The molecule has 0 radical (unpaired) electrons. The summed E-state index contributed by atoms with van der Waals surface area (Å²) in [5.41, 5.74) is 4.23. The highest BCUT2D eigenvalue weighted by atomic mass is 35.5. The second kappa shape index (κ2) is 11.6. The van der Waals surface area contributed by atoms with Gasteiger partial charge in [-0.3, -0.25) is 9.69 Å². The van der Waals surface area contributed by atoms with Gasteiger partial charge in [0.1, 0.15) is 10.0 Å². The number of halogens is 1. The van der Waals surface area contributed by atoms with Crippen LogP contribution in [0.1, 0.15) is 29.9 Å². The van der Waals surface area contributed by atoms with Crippen molar-refractivity contribution in [2.24, 2.45) is 0 Å². The van der Waals surface area contributed by atoms with E-state index in [1.54, 1.807) is 49.0 Å². The molecule has 0 saturated heterocycles. The van der Waals surface area contributed by atoms with Gasteiger partial charge in [-0.15, -0.1) is 35.1 Å². The van der Waals surface area contributed by atoms with Crippen LogP contribution in [0.3, 0.4) is 0 Å². The van der Waals surface area contributed by atoms with Gasteiger partial charge in [-0.05, 0) is 61.7 Å². The summed E-state index contributed by atoms with van der Waals surface area (Å²) in [7, 11) is 3.20. The molecule has 1 aliphatic heterocycles. The predicted octanol–water partition coefficient (Wildman–Crippen LogP) is 6.88. The van der Waals surface area contributed by atoms with Crippen molar-refractivity contribution in [1.29, 1.82) is 0 Å². The van der Waals surface area contributed by atoms with Crippen LogP contribution in [0.5, 0.6) is 11.5 Å². The Morgan fingerprint density at radius 2 is 1.89 bits per heavy atom. The van der Waals surface area contributed by atoms with E-state index >= 15 is 0 Å². The topological polar surface area (TPSA) is 63.7 Å². The third kappa shape index (κ3) is 5.67. The van der Waals surface area contributed by atoms with Gasteiger partial charge < -0.3 is 14.8 Å². The van der Waals surface area contributed by atoms with Crippen molar-refractivity contribution in [1.82, 2.24) is 9.88 Å². The number of aromatic nitrogens is 1. The van der Waals surface area contributed by atoms with E-state index in [0.717, 1.165) is 50.9 Å². The second-order valence-electron chi connectivity index (χ2n) is 8.95. The molecule has 6 nitrogen and oxygen atoms in total. The summed E-state index contributed by atoms with van der Waals surface area (Å²) in [6, 6.07) is 14.2. The molecule has 3 heterocycles. The highest BCUT2D eigenvalue weighted by Crippen LogP contribution is 2.46. The van der Waals surface area contributed by atoms with Gasteiger partial charge in [0.25, 0.3) is 0 Å². The Labute approximate surface area is 231 Å². The van der Waals surface area contributed by atoms with Crippen LogP contribution in [0, 0.1) is 0 Å². The summed E-state index contributed by atoms with van der Waals surface area (Å²) >= 11 is 3.35. The molecular weight excluding hydrogens is 526 g/mol. The van der Waals surface area contributed by atoms with E-state index in [4.69, 9.17) is 14.5 Å². The minimum Gasteiger partial charge on any atom is -0.493 e. The van der Waals surface area contributed by atoms with E-state index in [-0.39, 0.29) is 18.3 Å². The van der Waals surface area contributed by atoms with Crippen LogP contribution in [0.15, 0.2) is 48.5 Å². The number of anilines is 1. The van der Waals surface area contributed by atoms with Gasteiger partial charge in [0.2, 0.25) is 5.91 Å². The maximum absolute atomic E-state index is 13.0. The summed E-state index contributed by atoms with van der Waals surface area (Å²) in [4.78, 5) is 21.7. The van der Waals surface area contributed by atoms with Crippen molar-refractivity contribution >= 4 is 62.3 Å². The number of fused-ring (bicyclic) bond motifs is 2. The number of methoxy groups -OCH3 is 2. The zero-order valence-electron chi connectivity index (χ0n) is 21.2. The maximum Gasteiger partial charge on any atom is 0.249 e. The van der Waals surface area contributed by atoms with Crippen molar-refractivity contribution in [2.75, 3.05) is 26.1 Å². The Hall–Kier alpha value is -2.91. The lowest BCUT2D eigenvalue weighted by molar-refractivity contribution is -0.111. The van der Waals surface area contributed by atoms with Gasteiger partial charge in [0.15, 0.2) is 11.5 Å². The second-order valence-corrected chi connectivity index (χ2v) is 11.1. The number of nitrogens with one attached hydrogen (secondary N) is 1. The Kier molecular flexibility index (Phi) is 8.54. The van der Waals surface area contributed by atoms with E-state index < -0.39 is 0 Å². The van der Waals surface area contributed by atoms with Gasteiger partial charge in [-0.2, -0.15) is 0 Å². The molecule has 9 heteroatoms. The van der Waals surface area contributed by atoms with Crippen LogP contribution in [-0.2, 0) is 17.8 Å². The fourth-order valence-corrected chi connectivity index (χ4v) is 6.83. The lowest BCUT2D eigenvalue weighted by atomic mass is 10.0.